The van der Waals surface area contributed by atoms with E-state index in [0.717, 1.165) is 24.5 Å². The third-order valence-corrected chi connectivity index (χ3v) is 6.98. The van der Waals surface area contributed by atoms with E-state index in [0.29, 0.717) is 19.0 Å². The van der Waals surface area contributed by atoms with Gasteiger partial charge in [0.2, 0.25) is 0 Å². The largest absolute Gasteiger partial charge is 0.508 e. The standard InChI is InChI=1S/C15H12Br4O2.C4H10O3/c1-15(2,8-3-5-9(20)6-4-8)12-10(16)7-11(21-19)13(17)14(12)18;5-1-3-7-4-2-6/h3-7,20H,1-2H3;5-6H,1-4H2. The molecule has 2 aromatic carbocycles. The second-order valence-corrected chi connectivity index (χ2v) is 8.93. The minimum atomic E-state index is -0.265. The molecule has 0 amide bonds. The van der Waals surface area contributed by atoms with Gasteiger partial charge in [0.15, 0.2) is 22.0 Å². The molecule has 0 fully saturated rings. The Hall–Kier alpha value is -0.160. The van der Waals surface area contributed by atoms with Gasteiger partial charge < -0.3 is 23.9 Å². The van der Waals surface area contributed by atoms with E-state index < -0.39 is 0 Å². The second kappa shape index (κ2) is 12.5. The highest BCUT2D eigenvalue weighted by Crippen LogP contribution is 2.47. The molecule has 0 spiro atoms. The molecule has 28 heavy (non-hydrogen) atoms. The number of ether oxygens (including phenoxy) is 1. The van der Waals surface area contributed by atoms with Gasteiger partial charge in [-0.15, -0.1) is 0 Å². The lowest BCUT2D eigenvalue weighted by Gasteiger charge is -2.29. The highest BCUT2D eigenvalue weighted by atomic mass is 79.9. The van der Waals surface area contributed by atoms with Crippen molar-refractivity contribution >= 4 is 64.0 Å². The lowest BCUT2D eigenvalue weighted by molar-refractivity contribution is 0.0650. The Bertz CT molecular complexity index is 747. The molecule has 0 bridgehead atoms. The Morgan fingerprint density at radius 3 is 1.93 bits per heavy atom. The molecule has 0 saturated heterocycles. The lowest BCUT2D eigenvalue weighted by atomic mass is 9.78. The quantitative estimate of drug-likeness (QED) is 0.266. The van der Waals surface area contributed by atoms with Crippen LogP contribution in [0.5, 0.6) is 11.5 Å². The van der Waals surface area contributed by atoms with Gasteiger partial charge in [-0.1, -0.05) is 41.9 Å². The summed E-state index contributed by atoms with van der Waals surface area (Å²) in [6.45, 7) is 4.96. The summed E-state index contributed by atoms with van der Waals surface area (Å²) in [7, 11) is 0. The van der Waals surface area contributed by atoms with Gasteiger partial charge in [-0.25, -0.2) is 0 Å². The van der Waals surface area contributed by atoms with Crippen LogP contribution in [-0.4, -0.2) is 41.7 Å². The maximum atomic E-state index is 9.47. The van der Waals surface area contributed by atoms with Crippen molar-refractivity contribution in [3.8, 4) is 11.5 Å². The molecule has 0 unspecified atom stereocenters. The molecule has 0 heterocycles. The van der Waals surface area contributed by atoms with Crippen molar-refractivity contribution in [3.63, 3.8) is 0 Å². The minimum Gasteiger partial charge on any atom is -0.508 e. The Morgan fingerprint density at radius 1 is 0.929 bits per heavy atom. The Labute approximate surface area is 198 Å². The smallest absolute Gasteiger partial charge is 0.179 e. The Morgan fingerprint density at radius 2 is 1.46 bits per heavy atom. The first-order chi connectivity index (χ1) is 13.2. The summed E-state index contributed by atoms with van der Waals surface area (Å²) in [6, 6.07) is 9.16. The first-order valence-corrected chi connectivity index (χ1v) is 11.3. The molecule has 0 aliphatic carbocycles. The maximum Gasteiger partial charge on any atom is 0.179 e. The zero-order chi connectivity index (χ0) is 21.3. The van der Waals surface area contributed by atoms with Gasteiger partial charge in [0.05, 0.1) is 30.9 Å². The zero-order valence-corrected chi connectivity index (χ0v) is 21.7. The molecule has 0 atom stereocenters. The van der Waals surface area contributed by atoms with Gasteiger partial charge in [-0.2, -0.15) is 0 Å². The number of phenols is 1. The number of rotatable bonds is 7. The van der Waals surface area contributed by atoms with E-state index >= 15 is 0 Å². The third-order valence-electron chi connectivity index (χ3n) is 3.89. The van der Waals surface area contributed by atoms with Crippen LogP contribution in [0.2, 0.25) is 0 Å². The van der Waals surface area contributed by atoms with Gasteiger partial charge in [-0.05, 0) is 61.2 Å². The van der Waals surface area contributed by atoms with Gasteiger partial charge in [0.25, 0.3) is 0 Å². The Kier molecular flexibility index (Phi) is 11.6. The summed E-state index contributed by atoms with van der Waals surface area (Å²) >= 11 is 13.8. The van der Waals surface area contributed by atoms with Crippen molar-refractivity contribution in [1.29, 1.82) is 0 Å². The van der Waals surface area contributed by atoms with Crippen molar-refractivity contribution in [1.82, 2.24) is 0 Å². The molecular weight excluding hydrogens is 628 g/mol. The first kappa shape index (κ1) is 25.9. The molecular formula is C19H22Br4O5. The highest BCUT2D eigenvalue weighted by Gasteiger charge is 2.30. The normalized spacial score (nSPS) is 11.0. The van der Waals surface area contributed by atoms with Gasteiger partial charge in [-0.3, -0.25) is 0 Å². The van der Waals surface area contributed by atoms with Gasteiger partial charge >= 0.3 is 0 Å². The topological polar surface area (TPSA) is 79.2 Å². The maximum absolute atomic E-state index is 9.47. The molecule has 9 heteroatoms. The van der Waals surface area contributed by atoms with E-state index in [2.05, 4.69) is 82.6 Å². The van der Waals surface area contributed by atoms with Gasteiger partial charge in [0.1, 0.15) is 5.75 Å². The van der Waals surface area contributed by atoms with Crippen LogP contribution in [0.3, 0.4) is 0 Å². The zero-order valence-electron chi connectivity index (χ0n) is 15.4. The van der Waals surface area contributed by atoms with E-state index in [4.69, 9.17) is 14.0 Å². The number of aliphatic hydroxyl groups excluding tert-OH is 2. The van der Waals surface area contributed by atoms with Gasteiger partial charge in [0, 0.05) is 14.4 Å². The van der Waals surface area contributed by atoms with Crippen LogP contribution in [0.25, 0.3) is 0 Å². The number of aromatic hydroxyl groups is 1. The van der Waals surface area contributed by atoms with Crippen molar-refractivity contribution < 1.29 is 23.9 Å². The van der Waals surface area contributed by atoms with E-state index in [1.165, 1.54) is 0 Å². The molecule has 0 aliphatic heterocycles. The summed E-state index contributed by atoms with van der Waals surface area (Å²) in [5.74, 6) is 0.941. The predicted octanol–water partition coefficient (Wildman–Crippen LogP) is 5.68. The molecule has 5 nitrogen and oxygen atoms in total. The number of aliphatic hydroxyl groups is 2. The molecule has 2 rings (SSSR count). The van der Waals surface area contributed by atoms with Crippen molar-refractivity contribution in [2.24, 2.45) is 0 Å². The number of halogens is 4. The predicted molar refractivity (Wildman–Crippen MR) is 124 cm³/mol. The number of benzene rings is 2. The third kappa shape index (κ3) is 6.97. The molecule has 0 aliphatic rings. The molecule has 3 N–H and O–H groups in total. The van der Waals surface area contributed by atoms with Crippen LogP contribution in [-0.2, 0) is 10.2 Å². The molecule has 2 aromatic rings. The second-order valence-electron chi connectivity index (χ2n) is 6.17. The molecule has 0 aromatic heterocycles. The lowest BCUT2D eigenvalue weighted by Crippen LogP contribution is -2.20. The fraction of sp³-hybridized carbons (Fsp3) is 0.368. The highest BCUT2D eigenvalue weighted by molar-refractivity contribution is 9.13. The fourth-order valence-electron chi connectivity index (χ4n) is 2.46. The summed E-state index contributed by atoms with van der Waals surface area (Å²) < 4.78 is 12.5. The summed E-state index contributed by atoms with van der Waals surface area (Å²) in [4.78, 5) is 0. The summed E-state index contributed by atoms with van der Waals surface area (Å²) in [5, 5.41) is 25.6. The van der Waals surface area contributed by atoms with Crippen molar-refractivity contribution in [3.05, 3.63) is 54.9 Å². The minimum absolute atomic E-state index is 0.0278. The van der Waals surface area contributed by atoms with E-state index in [-0.39, 0.29) is 24.4 Å². The van der Waals surface area contributed by atoms with Crippen LogP contribution < -0.4 is 3.83 Å². The van der Waals surface area contributed by atoms with Crippen LogP contribution in [0.4, 0.5) is 0 Å². The van der Waals surface area contributed by atoms with Crippen molar-refractivity contribution in [2.75, 3.05) is 26.4 Å². The average Bonchev–Trinajstić information content (AvgIpc) is 2.66. The van der Waals surface area contributed by atoms with Crippen LogP contribution in [0.15, 0.2) is 43.7 Å². The van der Waals surface area contributed by atoms with E-state index in [9.17, 15) is 5.11 Å². The number of hydrogen-bond donors (Lipinski definition) is 3. The summed E-state index contributed by atoms with van der Waals surface area (Å²) in [5.41, 5.74) is 1.92. The monoisotopic (exact) mass is 646 g/mol. The van der Waals surface area contributed by atoms with E-state index in [1.54, 1.807) is 12.1 Å². The van der Waals surface area contributed by atoms with Crippen LogP contribution >= 0.6 is 64.0 Å². The molecule has 156 valence electrons. The Balaban J connectivity index is 0.000000480. The molecule has 0 radical (unpaired) electrons. The van der Waals surface area contributed by atoms with Crippen LogP contribution in [0.1, 0.15) is 25.0 Å². The SMILES string of the molecule is CC(C)(c1ccc(O)cc1)c1c(Br)cc(OBr)c(Br)c1Br.OCCOCCO. The number of phenolic OH excluding ortho intramolecular Hbond substituents is 1. The van der Waals surface area contributed by atoms with Crippen molar-refractivity contribution in [2.45, 2.75) is 19.3 Å². The van der Waals surface area contributed by atoms with Crippen LogP contribution in [0, 0.1) is 0 Å². The number of hydrogen-bond acceptors (Lipinski definition) is 5. The summed E-state index contributed by atoms with van der Waals surface area (Å²) in [6.07, 6.45) is 0. The van der Waals surface area contributed by atoms with E-state index in [1.807, 2.05) is 18.2 Å². The average molecular weight is 650 g/mol. The first-order valence-electron chi connectivity index (χ1n) is 8.26. The molecule has 0 saturated carbocycles. The fourth-order valence-corrected chi connectivity index (χ4v) is 5.39.